The molecule has 0 fully saturated rings. The molecule has 3 rings (SSSR count). The molecule has 19 heavy (non-hydrogen) atoms. The van der Waals surface area contributed by atoms with Gasteiger partial charge in [-0.2, -0.15) is 0 Å². The Morgan fingerprint density at radius 3 is 2.68 bits per heavy atom. The molecule has 1 atom stereocenters. The number of fused-ring (bicyclic) bond motifs is 1. The van der Waals surface area contributed by atoms with Crippen molar-refractivity contribution in [2.75, 3.05) is 6.61 Å². The van der Waals surface area contributed by atoms with Crippen LogP contribution in [0.1, 0.15) is 34.7 Å². The van der Waals surface area contributed by atoms with Crippen molar-refractivity contribution in [3.8, 4) is 5.75 Å². The number of nitrogens with two attached hydrogens (primary N) is 1. The summed E-state index contributed by atoms with van der Waals surface area (Å²) in [5.41, 5.74) is 11.2. The number of aryl methyl sites for hydroxylation is 2. The van der Waals surface area contributed by atoms with Gasteiger partial charge in [-0.3, -0.25) is 0 Å². The maximum Gasteiger partial charge on any atom is 0.127 e. The third-order valence-electron chi connectivity index (χ3n) is 3.82. The van der Waals surface area contributed by atoms with Crippen LogP contribution in [0.15, 0.2) is 42.5 Å². The Labute approximate surface area is 114 Å². The second kappa shape index (κ2) is 5.06. The quantitative estimate of drug-likeness (QED) is 0.890. The van der Waals surface area contributed by atoms with Crippen molar-refractivity contribution in [2.45, 2.75) is 25.8 Å². The van der Waals surface area contributed by atoms with Crippen LogP contribution < -0.4 is 10.5 Å². The van der Waals surface area contributed by atoms with E-state index in [4.69, 9.17) is 10.5 Å². The number of hydrogen-bond acceptors (Lipinski definition) is 2. The second-order valence-electron chi connectivity index (χ2n) is 5.12. The first-order chi connectivity index (χ1) is 9.27. The lowest BCUT2D eigenvalue weighted by atomic mass is 9.92. The molecular weight excluding hydrogens is 234 g/mol. The first-order valence-electron chi connectivity index (χ1n) is 6.83. The standard InChI is InChI=1S/C17H19NO/c1-12-6-2-3-9-14(12)16(18)15-10-4-7-13-8-5-11-19-17(13)15/h2-4,6-7,9-10,16H,5,8,11,18H2,1H3. The fourth-order valence-electron chi connectivity index (χ4n) is 2.76. The van der Waals surface area contributed by atoms with Crippen molar-refractivity contribution in [3.63, 3.8) is 0 Å². The number of rotatable bonds is 2. The topological polar surface area (TPSA) is 35.2 Å². The summed E-state index contributed by atoms with van der Waals surface area (Å²) in [5, 5.41) is 0. The molecule has 98 valence electrons. The summed E-state index contributed by atoms with van der Waals surface area (Å²) in [6.45, 7) is 2.90. The van der Waals surface area contributed by atoms with Crippen LogP contribution in [0.5, 0.6) is 5.75 Å². The third-order valence-corrected chi connectivity index (χ3v) is 3.82. The highest BCUT2D eigenvalue weighted by Gasteiger charge is 2.20. The maximum atomic E-state index is 6.46. The lowest BCUT2D eigenvalue weighted by molar-refractivity contribution is 0.284. The van der Waals surface area contributed by atoms with Gasteiger partial charge in [0, 0.05) is 5.56 Å². The van der Waals surface area contributed by atoms with Gasteiger partial charge in [0.1, 0.15) is 5.75 Å². The van der Waals surface area contributed by atoms with Gasteiger partial charge in [0.2, 0.25) is 0 Å². The van der Waals surface area contributed by atoms with Crippen molar-refractivity contribution in [2.24, 2.45) is 5.73 Å². The number of hydrogen-bond donors (Lipinski definition) is 1. The van der Waals surface area contributed by atoms with Crippen LogP contribution in [0.3, 0.4) is 0 Å². The SMILES string of the molecule is Cc1ccccc1C(N)c1cccc2c1OCCC2. The summed E-state index contributed by atoms with van der Waals surface area (Å²) in [6, 6.07) is 14.5. The molecular formula is C17H19NO. The molecule has 0 saturated heterocycles. The summed E-state index contributed by atoms with van der Waals surface area (Å²) in [4.78, 5) is 0. The molecule has 1 aliphatic heterocycles. The third kappa shape index (κ3) is 2.24. The Kier molecular flexibility index (Phi) is 3.26. The molecule has 0 amide bonds. The van der Waals surface area contributed by atoms with E-state index in [1.807, 2.05) is 12.1 Å². The van der Waals surface area contributed by atoms with E-state index in [9.17, 15) is 0 Å². The minimum Gasteiger partial charge on any atom is -0.493 e. The molecule has 1 heterocycles. The normalized spacial score (nSPS) is 15.5. The van der Waals surface area contributed by atoms with Gasteiger partial charge in [0.05, 0.1) is 12.6 Å². The Hall–Kier alpha value is -1.80. The van der Waals surface area contributed by atoms with Gasteiger partial charge < -0.3 is 10.5 Å². The van der Waals surface area contributed by atoms with Gasteiger partial charge in [0.15, 0.2) is 0 Å². The van der Waals surface area contributed by atoms with Crippen LogP contribution in [-0.2, 0) is 6.42 Å². The zero-order valence-corrected chi connectivity index (χ0v) is 11.2. The average Bonchev–Trinajstić information content (AvgIpc) is 2.46. The van der Waals surface area contributed by atoms with Gasteiger partial charge >= 0.3 is 0 Å². The van der Waals surface area contributed by atoms with Crippen molar-refractivity contribution < 1.29 is 4.74 Å². The minimum atomic E-state index is -0.116. The summed E-state index contributed by atoms with van der Waals surface area (Å²) >= 11 is 0. The van der Waals surface area contributed by atoms with Gasteiger partial charge in [-0.15, -0.1) is 0 Å². The fraction of sp³-hybridized carbons (Fsp3) is 0.294. The predicted molar refractivity (Wildman–Crippen MR) is 77.5 cm³/mol. The van der Waals surface area contributed by atoms with E-state index < -0.39 is 0 Å². The summed E-state index contributed by atoms with van der Waals surface area (Å²) in [5.74, 6) is 1.00. The molecule has 0 radical (unpaired) electrons. The van der Waals surface area contributed by atoms with Gasteiger partial charge in [0.25, 0.3) is 0 Å². The van der Waals surface area contributed by atoms with Crippen molar-refractivity contribution in [1.29, 1.82) is 0 Å². The molecule has 1 aliphatic rings. The summed E-state index contributed by atoms with van der Waals surface area (Å²) in [6.07, 6.45) is 2.18. The zero-order valence-electron chi connectivity index (χ0n) is 11.2. The number of ether oxygens (including phenoxy) is 1. The molecule has 2 heteroatoms. The fourth-order valence-corrected chi connectivity index (χ4v) is 2.76. The molecule has 1 unspecified atom stereocenters. The zero-order chi connectivity index (χ0) is 13.2. The highest BCUT2D eigenvalue weighted by molar-refractivity contribution is 5.48. The summed E-state index contributed by atoms with van der Waals surface area (Å²) in [7, 11) is 0. The van der Waals surface area contributed by atoms with Crippen molar-refractivity contribution in [1.82, 2.24) is 0 Å². The van der Waals surface area contributed by atoms with Crippen LogP contribution in [0.2, 0.25) is 0 Å². The lowest BCUT2D eigenvalue weighted by Gasteiger charge is -2.24. The first-order valence-corrected chi connectivity index (χ1v) is 6.83. The lowest BCUT2D eigenvalue weighted by Crippen LogP contribution is -2.18. The van der Waals surface area contributed by atoms with E-state index in [1.54, 1.807) is 0 Å². The number of para-hydroxylation sites is 1. The van der Waals surface area contributed by atoms with E-state index in [0.717, 1.165) is 30.8 Å². The molecule has 2 aromatic rings. The van der Waals surface area contributed by atoms with E-state index in [0.29, 0.717) is 0 Å². The first kappa shape index (κ1) is 12.2. The van der Waals surface area contributed by atoms with Crippen LogP contribution >= 0.6 is 0 Å². The van der Waals surface area contributed by atoms with Crippen LogP contribution in [0.4, 0.5) is 0 Å². The van der Waals surface area contributed by atoms with Crippen LogP contribution in [0, 0.1) is 6.92 Å². The molecule has 2 N–H and O–H groups in total. The smallest absolute Gasteiger partial charge is 0.127 e. The monoisotopic (exact) mass is 253 g/mol. The Morgan fingerprint density at radius 1 is 1.05 bits per heavy atom. The molecule has 0 spiro atoms. The van der Waals surface area contributed by atoms with Crippen molar-refractivity contribution >= 4 is 0 Å². The van der Waals surface area contributed by atoms with E-state index >= 15 is 0 Å². The summed E-state index contributed by atoms with van der Waals surface area (Å²) < 4.78 is 5.86. The van der Waals surface area contributed by atoms with Crippen LogP contribution in [0.25, 0.3) is 0 Å². The Bertz CT molecular complexity index is 592. The Balaban J connectivity index is 2.05. The van der Waals surface area contributed by atoms with Gasteiger partial charge in [-0.1, -0.05) is 42.5 Å². The predicted octanol–water partition coefficient (Wildman–Crippen LogP) is 3.37. The van der Waals surface area contributed by atoms with Crippen molar-refractivity contribution in [3.05, 3.63) is 64.7 Å². The highest BCUT2D eigenvalue weighted by Crippen LogP contribution is 2.35. The molecule has 2 aromatic carbocycles. The maximum absolute atomic E-state index is 6.46. The molecule has 0 bridgehead atoms. The van der Waals surface area contributed by atoms with Gasteiger partial charge in [-0.25, -0.2) is 0 Å². The number of benzene rings is 2. The highest BCUT2D eigenvalue weighted by atomic mass is 16.5. The van der Waals surface area contributed by atoms with Gasteiger partial charge in [-0.05, 0) is 36.5 Å². The molecule has 2 nitrogen and oxygen atoms in total. The molecule has 0 aliphatic carbocycles. The largest absolute Gasteiger partial charge is 0.493 e. The van der Waals surface area contributed by atoms with E-state index in [-0.39, 0.29) is 6.04 Å². The van der Waals surface area contributed by atoms with E-state index in [1.165, 1.54) is 16.7 Å². The Morgan fingerprint density at radius 2 is 1.84 bits per heavy atom. The second-order valence-corrected chi connectivity index (χ2v) is 5.12. The average molecular weight is 253 g/mol. The molecule has 0 saturated carbocycles. The van der Waals surface area contributed by atoms with Crippen LogP contribution in [-0.4, -0.2) is 6.61 Å². The minimum absolute atomic E-state index is 0.116. The van der Waals surface area contributed by atoms with E-state index in [2.05, 4.69) is 37.3 Å². The molecule has 0 aromatic heterocycles.